The third-order valence-corrected chi connectivity index (χ3v) is 4.74. The van der Waals surface area contributed by atoms with Gasteiger partial charge in [0.15, 0.2) is 5.16 Å². The molecule has 0 spiro atoms. The summed E-state index contributed by atoms with van der Waals surface area (Å²) in [6.07, 6.45) is -3.70. The van der Waals surface area contributed by atoms with Crippen LogP contribution in [0.5, 0.6) is 0 Å². The molecule has 1 fully saturated rings. The summed E-state index contributed by atoms with van der Waals surface area (Å²) in [7, 11) is 0. The molecule has 0 bridgehead atoms. The van der Waals surface area contributed by atoms with Gasteiger partial charge >= 0.3 is 5.97 Å². The maximum atomic E-state index is 10.6. The molecule has 0 amide bonds. The Morgan fingerprint density at radius 2 is 2.08 bits per heavy atom. The molecule has 2 rings (SSSR count). The van der Waals surface area contributed by atoms with Crippen LogP contribution in [0.4, 0.5) is 0 Å². The monoisotopic (exact) mass is 362 g/mol. The second-order valence-electron chi connectivity index (χ2n) is 5.82. The van der Waals surface area contributed by atoms with Gasteiger partial charge in [-0.25, -0.2) is 4.98 Å². The van der Waals surface area contributed by atoms with Gasteiger partial charge in [0.25, 0.3) is 0 Å². The molecule has 1 aliphatic heterocycles. The van der Waals surface area contributed by atoms with E-state index in [4.69, 9.17) is 9.84 Å². The van der Waals surface area contributed by atoms with Gasteiger partial charge in [-0.1, -0.05) is 11.8 Å². The summed E-state index contributed by atoms with van der Waals surface area (Å²) in [4.78, 5) is 17.6. The molecular formula is C14H22N2O7S. The second-order valence-corrected chi connectivity index (χ2v) is 6.91. The Morgan fingerprint density at radius 1 is 1.38 bits per heavy atom. The first kappa shape index (κ1) is 19.2. The van der Waals surface area contributed by atoms with Gasteiger partial charge in [0.1, 0.15) is 23.7 Å². The molecule has 0 aliphatic carbocycles. The van der Waals surface area contributed by atoms with Crippen LogP contribution < -0.4 is 0 Å². The Balaban J connectivity index is 2.00. The van der Waals surface area contributed by atoms with Crippen LogP contribution in [0.2, 0.25) is 0 Å². The van der Waals surface area contributed by atoms with E-state index in [-0.39, 0.29) is 12.8 Å². The lowest BCUT2D eigenvalue weighted by Crippen LogP contribution is -2.57. The lowest BCUT2D eigenvalue weighted by molar-refractivity contribution is -0.203. The number of aromatic nitrogens is 2. The first-order chi connectivity index (χ1) is 11.3. The van der Waals surface area contributed by atoms with E-state index in [0.717, 1.165) is 11.8 Å². The van der Waals surface area contributed by atoms with E-state index in [1.54, 1.807) is 0 Å². The molecule has 6 N–H and O–H groups in total. The van der Waals surface area contributed by atoms with Gasteiger partial charge in [0.2, 0.25) is 0 Å². The van der Waals surface area contributed by atoms with Gasteiger partial charge < -0.3 is 35.3 Å². The molecule has 0 aromatic carbocycles. The minimum Gasteiger partial charge on any atom is -0.481 e. The van der Waals surface area contributed by atoms with Crippen molar-refractivity contribution in [3.05, 3.63) is 11.9 Å². The van der Waals surface area contributed by atoms with E-state index in [0.29, 0.717) is 17.3 Å². The number of nitrogens with one attached hydrogen (secondary N) is 1. The molecular weight excluding hydrogens is 340 g/mol. The van der Waals surface area contributed by atoms with Crippen molar-refractivity contribution in [3.8, 4) is 0 Å². The number of carbonyl (C=O) groups is 1. The predicted octanol–water partition coefficient (Wildman–Crippen LogP) is -0.903. The first-order valence-corrected chi connectivity index (χ1v) is 8.46. The number of imidazole rings is 1. The first-order valence-electron chi connectivity index (χ1n) is 7.58. The highest BCUT2D eigenvalue weighted by atomic mass is 32.2. The van der Waals surface area contributed by atoms with Crippen molar-refractivity contribution in [2.45, 2.75) is 67.3 Å². The zero-order valence-corrected chi connectivity index (χ0v) is 13.9. The number of hydrogen-bond acceptors (Lipinski definition) is 8. The van der Waals surface area contributed by atoms with Crippen LogP contribution in [0, 0.1) is 0 Å². The van der Waals surface area contributed by atoms with E-state index in [1.807, 2.05) is 0 Å². The van der Waals surface area contributed by atoms with Crippen molar-refractivity contribution in [3.63, 3.8) is 0 Å². The third-order valence-electron chi connectivity index (χ3n) is 3.68. The summed E-state index contributed by atoms with van der Waals surface area (Å²) in [6.45, 7) is 1.54. The summed E-state index contributed by atoms with van der Waals surface area (Å²) in [6, 6.07) is 0. The number of ether oxygens (including phenoxy) is 1. The molecule has 2 heterocycles. The smallest absolute Gasteiger partial charge is 0.303 e. The number of aromatic amines is 1. The molecule has 10 heteroatoms. The van der Waals surface area contributed by atoms with Crippen molar-refractivity contribution < 1.29 is 35.1 Å². The van der Waals surface area contributed by atoms with Gasteiger partial charge in [-0.15, -0.1) is 0 Å². The predicted molar refractivity (Wildman–Crippen MR) is 83.4 cm³/mol. The van der Waals surface area contributed by atoms with Gasteiger partial charge in [-0.05, 0) is 13.3 Å². The standard InChI is InChI=1S/C14H22N2O7S/c1-6(17)4-8-10(20)11(21)12(22)13(23-8)24-14-15-5-7(16-14)2-3-9(18)19/h5-6,8,10-13,17,20-22H,2-4H2,1H3,(H,15,16)(H,18,19)/t6-,8?,10?,11?,12?,13?/m1/s1. The number of H-pyrrole nitrogens is 1. The van der Waals surface area contributed by atoms with Crippen molar-refractivity contribution in [2.75, 3.05) is 0 Å². The van der Waals surface area contributed by atoms with E-state index in [9.17, 15) is 25.2 Å². The van der Waals surface area contributed by atoms with Crippen molar-refractivity contribution in [2.24, 2.45) is 0 Å². The Labute approximate surface area is 142 Å². The average molecular weight is 362 g/mol. The molecule has 1 aliphatic rings. The largest absolute Gasteiger partial charge is 0.481 e. The van der Waals surface area contributed by atoms with E-state index in [1.165, 1.54) is 13.1 Å². The van der Waals surface area contributed by atoms with Crippen LogP contribution in [0.25, 0.3) is 0 Å². The van der Waals surface area contributed by atoms with Crippen LogP contribution in [0.1, 0.15) is 25.5 Å². The highest BCUT2D eigenvalue weighted by Crippen LogP contribution is 2.33. The fourth-order valence-electron chi connectivity index (χ4n) is 2.42. The number of carboxylic acid groups (broad SMARTS) is 1. The van der Waals surface area contributed by atoms with Crippen molar-refractivity contribution in [1.29, 1.82) is 0 Å². The third kappa shape index (κ3) is 4.91. The lowest BCUT2D eigenvalue weighted by atomic mass is 9.96. The molecule has 9 nitrogen and oxygen atoms in total. The maximum absolute atomic E-state index is 10.6. The molecule has 0 saturated carbocycles. The number of nitrogens with zero attached hydrogens (tertiary/aromatic N) is 1. The number of rotatable bonds is 7. The van der Waals surface area contributed by atoms with E-state index < -0.39 is 41.9 Å². The number of aliphatic hydroxyl groups excluding tert-OH is 4. The van der Waals surface area contributed by atoms with Crippen LogP contribution in [0.3, 0.4) is 0 Å². The Bertz CT molecular complexity index is 553. The molecule has 24 heavy (non-hydrogen) atoms. The zero-order valence-electron chi connectivity index (χ0n) is 13.1. The number of thioether (sulfide) groups is 1. The highest BCUT2D eigenvalue weighted by Gasteiger charge is 2.44. The lowest BCUT2D eigenvalue weighted by Gasteiger charge is -2.40. The Kier molecular flexibility index (Phi) is 6.61. The fourth-order valence-corrected chi connectivity index (χ4v) is 3.44. The number of aliphatic hydroxyl groups is 4. The number of hydrogen-bond donors (Lipinski definition) is 6. The second kappa shape index (κ2) is 8.28. The Hall–Kier alpha value is -1.17. The minimum atomic E-state index is -1.40. The molecule has 1 aromatic rings. The molecule has 6 atom stereocenters. The van der Waals surface area contributed by atoms with Crippen LogP contribution in [-0.2, 0) is 16.0 Å². The topological polar surface area (TPSA) is 156 Å². The van der Waals surface area contributed by atoms with Gasteiger partial charge in [0.05, 0.1) is 18.6 Å². The van der Waals surface area contributed by atoms with Gasteiger partial charge in [0, 0.05) is 18.3 Å². The summed E-state index contributed by atoms with van der Waals surface area (Å²) in [5, 5.41) is 48.5. The molecule has 5 unspecified atom stereocenters. The van der Waals surface area contributed by atoms with Crippen LogP contribution in [-0.4, -0.2) is 77.4 Å². The van der Waals surface area contributed by atoms with Crippen LogP contribution >= 0.6 is 11.8 Å². The minimum absolute atomic E-state index is 0.0315. The molecule has 0 radical (unpaired) electrons. The number of aryl methyl sites for hydroxylation is 1. The quantitative estimate of drug-likeness (QED) is 0.362. The highest BCUT2D eigenvalue weighted by molar-refractivity contribution is 7.99. The molecule has 1 aromatic heterocycles. The SMILES string of the molecule is C[C@@H](O)CC1OC(Sc2ncc(CCC(=O)O)[nH]2)C(O)C(O)C1O. The van der Waals surface area contributed by atoms with E-state index in [2.05, 4.69) is 9.97 Å². The summed E-state index contributed by atoms with van der Waals surface area (Å²) >= 11 is 1.03. The van der Waals surface area contributed by atoms with Crippen molar-refractivity contribution >= 4 is 17.7 Å². The van der Waals surface area contributed by atoms with Crippen LogP contribution in [0.15, 0.2) is 11.4 Å². The number of aliphatic carboxylic acids is 1. The van der Waals surface area contributed by atoms with Gasteiger partial charge in [-0.3, -0.25) is 4.79 Å². The Morgan fingerprint density at radius 3 is 2.71 bits per heavy atom. The van der Waals surface area contributed by atoms with Crippen molar-refractivity contribution in [1.82, 2.24) is 9.97 Å². The molecule has 1 saturated heterocycles. The normalized spacial score (nSPS) is 31.8. The molecule has 136 valence electrons. The van der Waals surface area contributed by atoms with Gasteiger partial charge in [-0.2, -0.15) is 0 Å². The summed E-state index contributed by atoms with van der Waals surface area (Å²) in [5.74, 6) is -0.914. The summed E-state index contributed by atoms with van der Waals surface area (Å²) < 4.78 is 5.59. The average Bonchev–Trinajstić information content (AvgIpc) is 2.95. The number of carboxylic acids is 1. The zero-order chi connectivity index (χ0) is 17.9. The summed E-state index contributed by atoms with van der Waals surface area (Å²) in [5.41, 5.74) is -0.253. The van der Waals surface area contributed by atoms with E-state index >= 15 is 0 Å². The fraction of sp³-hybridized carbons (Fsp3) is 0.714. The maximum Gasteiger partial charge on any atom is 0.303 e.